The molecule has 0 amide bonds. The standard InChI is InChI=1S/C15H28S/c1-2-3-4-5-6-7-11-14-16-15-12-9-8-10-13-15/h8H,2-7,9-14H2,1H3. The zero-order valence-electron chi connectivity index (χ0n) is 11.0. The maximum Gasteiger partial charge on any atom is 0.0306 e. The van der Waals surface area contributed by atoms with E-state index in [-0.39, 0.29) is 0 Å². The molecule has 0 aromatic carbocycles. The minimum atomic E-state index is 1.33. The average Bonchev–Trinajstić information content (AvgIpc) is 2.34. The van der Waals surface area contributed by atoms with Crippen LogP contribution in [0.15, 0.2) is 0 Å². The molecule has 2 radical (unpaired) electrons. The molecule has 1 heteroatoms. The van der Waals surface area contributed by atoms with Crippen LogP contribution in [0.4, 0.5) is 0 Å². The second kappa shape index (κ2) is 10.5. The van der Waals surface area contributed by atoms with Crippen LogP contribution in [-0.4, -0.2) is 5.75 Å². The first-order valence-electron chi connectivity index (χ1n) is 7.22. The average molecular weight is 240 g/mol. The van der Waals surface area contributed by atoms with Gasteiger partial charge in [-0.2, -0.15) is 11.8 Å². The predicted octanol–water partition coefficient (Wildman–Crippen LogP) is 5.78. The summed E-state index contributed by atoms with van der Waals surface area (Å²) in [6.07, 6.45) is 17.9. The van der Waals surface area contributed by atoms with Gasteiger partial charge in [-0.05, 0) is 44.3 Å². The number of hydrogen-bond donors (Lipinski definition) is 0. The lowest BCUT2D eigenvalue weighted by molar-refractivity contribution is 0.603. The molecule has 0 aromatic heterocycles. The van der Waals surface area contributed by atoms with E-state index in [1.165, 1.54) is 76.4 Å². The Morgan fingerprint density at radius 2 is 1.56 bits per heavy atom. The van der Waals surface area contributed by atoms with Crippen molar-refractivity contribution < 1.29 is 0 Å². The molecular formula is C15H28S. The molecule has 0 saturated heterocycles. The highest BCUT2D eigenvalue weighted by Gasteiger charge is 2.13. The number of hydrogen-bond acceptors (Lipinski definition) is 1. The number of thioether (sulfide) groups is 1. The van der Waals surface area contributed by atoms with Crippen LogP contribution in [0.1, 0.15) is 77.6 Å². The summed E-state index contributed by atoms with van der Waals surface area (Å²) in [5.41, 5.74) is 0. The summed E-state index contributed by atoms with van der Waals surface area (Å²) in [6, 6.07) is 0. The van der Waals surface area contributed by atoms with Crippen LogP contribution in [0.3, 0.4) is 0 Å². The normalized spacial score (nSPS) is 17.8. The molecule has 0 bridgehead atoms. The van der Waals surface area contributed by atoms with Crippen molar-refractivity contribution in [2.24, 2.45) is 0 Å². The third kappa shape index (κ3) is 7.60. The van der Waals surface area contributed by atoms with Gasteiger partial charge >= 0.3 is 0 Å². The topological polar surface area (TPSA) is 0 Å². The minimum absolute atomic E-state index is 1.33. The Labute approximate surface area is 107 Å². The van der Waals surface area contributed by atoms with Crippen molar-refractivity contribution in [3.8, 4) is 0 Å². The molecule has 1 fully saturated rings. The van der Waals surface area contributed by atoms with Gasteiger partial charge in [-0.1, -0.05) is 45.4 Å². The minimum Gasteiger partial charge on any atom is -0.154 e. The largest absolute Gasteiger partial charge is 0.154 e. The van der Waals surface area contributed by atoms with Crippen LogP contribution < -0.4 is 0 Å². The highest BCUT2D eigenvalue weighted by molar-refractivity contribution is 8.02. The van der Waals surface area contributed by atoms with E-state index < -0.39 is 0 Å². The Morgan fingerprint density at radius 3 is 2.25 bits per heavy atom. The number of unbranched alkanes of at least 4 members (excludes halogenated alkanes) is 6. The first-order chi connectivity index (χ1) is 7.93. The van der Waals surface area contributed by atoms with E-state index in [1.807, 2.05) is 0 Å². The molecule has 94 valence electrons. The molecule has 0 nitrogen and oxygen atoms in total. The Balaban J connectivity index is 1.77. The Morgan fingerprint density at radius 1 is 0.938 bits per heavy atom. The SMILES string of the molecule is CCCCCCCCCS[C]1CC[CH]CC1. The fraction of sp³-hybridized carbons (Fsp3) is 0.867. The van der Waals surface area contributed by atoms with Gasteiger partial charge in [-0.25, -0.2) is 0 Å². The predicted molar refractivity (Wildman–Crippen MR) is 76.5 cm³/mol. The van der Waals surface area contributed by atoms with Crippen molar-refractivity contribution in [3.05, 3.63) is 11.7 Å². The van der Waals surface area contributed by atoms with Crippen molar-refractivity contribution in [1.82, 2.24) is 0 Å². The first kappa shape index (κ1) is 14.4. The van der Waals surface area contributed by atoms with Crippen molar-refractivity contribution in [2.75, 3.05) is 5.75 Å². The summed E-state index contributed by atoms with van der Waals surface area (Å²) >= 11 is 2.16. The smallest absolute Gasteiger partial charge is 0.0306 e. The number of rotatable bonds is 9. The van der Waals surface area contributed by atoms with Gasteiger partial charge in [-0.15, -0.1) is 0 Å². The molecule has 0 aromatic rings. The lowest BCUT2D eigenvalue weighted by atomic mass is 10.0. The van der Waals surface area contributed by atoms with E-state index >= 15 is 0 Å². The molecule has 16 heavy (non-hydrogen) atoms. The van der Waals surface area contributed by atoms with Gasteiger partial charge in [0.05, 0.1) is 0 Å². The first-order valence-corrected chi connectivity index (χ1v) is 8.21. The molecular weight excluding hydrogens is 212 g/mol. The highest BCUT2D eigenvalue weighted by Crippen LogP contribution is 2.35. The summed E-state index contributed by atoms with van der Waals surface area (Å²) in [6.45, 7) is 2.29. The third-order valence-corrected chi connectivity index (χ3v) is 4.62. The lowest BCUT2D eigenvalue weighted by Crippen LogP contribution is -2.01. The fourth-order valence-electron chi connectivity index (χ4n) is 2.22. The van der Waals surface area contributed by atoms with Gasteiger partial charge in [0.15, 0.2) is 0 Å². The molecule has 0 N–H and O–H groups in total. The van der Waals surface area contributed by atoms with Crippen LogP contribution in [0, 0.1) is 11.7 Å². The van der Waals surface area contributed by atoms with Crippen molar-refractivity contribution >= 4 is 11.8 Å². The van der Waals surface area contributed by atoms with Gasteiger partial charge in [0.1, 0.15) is 0 Å². The second-order valence-electron chi connectivity index (χ2n) is 4.87. The molecule has 1 rings (SSSR count). The van der Waals surface area contributed by atoms with Crippen molar-refractivity contribution in [2.45, 2.75) is 77.6 Å². The Kier molecular flexibility index (Phi) is 9.46. The molecule has 0 atom stereocenters. The van der Waals surface area contributed by atoms with Crippen LogP contribution >= 0.6 is 11.8 Å². The van der Waals surface area contributed by atoms with Gasteiger partial charge in [0.25, 0.3) is 0 Å². The maximum atomic E-state index is 2.44. The quantitative estimate of drug-likeness (QED) is 0.460. The molecule has 0 unspecified atom stereocenters. The Bertz CT molecular complexity index is 138. The van der Waals surface area contributed by atoms with E-state index in [0.717, 1.165) is 0 Å². The van der Waals surface area contributed by atoms with Crippen LogP contribution in [0.25, 0.3) is 0 Å². The molecule has 1 aliphatic carbocycles. The summed E-state index contributed by atoms with van der Waals surface area (Å²) in [5.74, 6) is 1.38. The maximum absolute atomic E-state index is 2.44. The van der Waals surface area contributed by atoms with E-state index in [0.29, 0.717) is 0 Å². The summed E-state index contributed by atoms with van der Waals surface area (Å²) < 4.78 is 0. The summed E-state index contributed by atoms with van der Waals surface area (Å²) in [7, 11) is 0. The summed E-state index contributed by atoms with van der Waals surface area (Å²) in [5, 5.41) is 1.77. The Hall–Kier alpha value is 0.350. The zero-order chi connectivity index (χ0) is 11.5. The van der Waals surface area contributed by atoms with E-state index in [4.69, 9.17) is 0 Å². The van der Waals surface area contributed by atoms with E-state index in [2.05, 4.69) is 25.1 Å². The molecule has 0 heterocycles. The van der Waals surface area contributed by atoms with Crippen LogP contribution in [-0.2, 0) is 0 Å². The summed E-state index contributed by atoms with van der Waals surface area (Å²) in [4.78, 5) is 0. The monoisotopic (exact) mass is 240 g/mol. The fourth-order valence-corrected chi connectivity index (χ4v) is 3.38. The molecule has 1 saturated carbocycles. The molecule has 1 aliphatic rings. The van der Waals surface area contributed by atoms with Gasteiger partial charge in [0.2, 0.25) is 0 Å². The van der Waals surface area contributed by atoms with Crippen molar-refractivity contribution in [1.29, 1.82) is 0 Å². The lowest BCUT2D eigenvalue weighted by Gasteiger charge is -2.19. The van der Waals surface area contributed by atoms with E-state index in [1.54, 1.807) is 5.25 Å². The molecule has 0 aliphatic heterocycles. The van der Waals surface area contributed by atoms with Crippen LogP contribution in [0.5, 0.6) is 0 Å². The van der Waals surface area contributed by atoms with Crippen LogP contribution in [0.2, 0.25) is 0 Å². The highest BCUT2D eigenvalue weighted by atomic mass is 32.2. The van der Waals surface area contributed by atoms with Gasteiger partial charge in [-0.3, -0.25) is 0 Å². The van der Waals surface area contributed by atoms with Crippen molar-refractivity contribution in [3.63, 3.8) is 0 Å². The second-order valence-corrected chi connectivity index (χ2v) is 6.15. The van der Waals surface area contributed by atoms with Gasteiger partial charge < -0.3 is 0 Å². The molecule has 0 spiro atoms. The third-order valence-electron chi connectivity index (χ3n) is 3.31. The van der Waals surface area contributed by atoms with E-state index in [9.17, 15) is 0 Å². The van der Waals surface area contributed by atoms with Gasteiger partial charge in [0, 0.05) is 5.25 Å². The zero-order valence-corrected chi connectivity index (χ0v) is 11.8.